The molecule has 0 saturated carbocycles. The van der Waals surface area contributed by atoms with E-state index in [9.17, 15) is 8.42 Å². The van der Waals surface area contributed by atoms with Crippen molar-refractivity contribution in [3.05, 3.63) is 44.4 Å². The van der Waals surface area contributed by atoms with E-state index in [0.717, 1.165) is 0 Å². The molecule has 0 fully saturated rings. The standard InChI is InChI=1S/C12H12ClIN2O3S/c1-7-12(5-9(6-15)19-7)20(17,18)16-11-3-2-8(13)4-10(11)14/h2-5,16H,6,15H2,1H3. The molecule has 2 aromatic rings. The Bertz CT molecular complexity index is 743. The topological polar surface area (TPSA) is 85.3 Å². The van der Waals surface area contributed by atoms with E-state index in [2.05, 4.69) is 4.72 Å². The van der Waals surface area contributed by atoms with Gasteiger partial charge in [-0.05, 0) is 47.7 Å². The zero-order valence-electron chi connectivity index (χ0n) is 10.5. The summed E-state index contributed by atoms with van der Waals surface area (Å²) in [7, 11) is -3.72. The molecule has 8 heteroatoms. The van der Waals surface area contributed by atoms with E-state index in [1.165, 1.54) is 6.07 Å². The molecule has 5 nitrogen and oxygen atoms in total. The molecule has 1 heterocycles. The van der Waals surface area contributed by atoms with Gasteiger partial charge in [0.05, 0.1) is 12.2 Å². The lowest BCUT2D eigenvalue weighted by molar-refractivity contribution is 0.479. The average Bonchev–Trinajstić information content (AvgIpc) is 2.75. The normalized spacial score (nSPS) is 11.6. The van der Waals surface area contributed by atoms with Crippen LogP contribution in [0.25, 0.3) is 0 Å². The lowest BCUT2D eigenvalue weighted by Crippen LogP contribution is -2.14. The molecule has 0 spiro atoms. The number of nitrogens with one attached hydrogen (secondary N) is 1. The summed E-state index contributed by atoms with van der Waals surface area (Å²) in [5.74, 6) is 0.732. The fourth-order valence-electron chi connectivity index (χ4n) is 1.66. The van der Waals surface area contributed by atoms with Crippen LogP contribution in [-0.2, 0) is 16.6 Å². The van der Waals surface area contributed by atoms with E-state index in [1.54, 1.807) is 25.1 Å². The maximum atomic E-state index is 12.3. The van der Waals surface area contributed by atoms with Crippen molar-refractivity contribution in [2.24, 2.45) is 5.73 Å². The number of anilines is 1. The Hall–Kier alpha value is -0.770. The number of rotatable bonds is 4. The Balaban J connectivity index is 2.38. The molecule has 3 N–H and O–H groups in total. The maximum absolute atomic E-state index is 12.3. The first-order valence-electron chi connectivity index (χ1n) is 5.60. The molecule has 2 rings (SSSR count). The number of sulfonamides is 1. The Morgan fingerprint density at radius 1 is 1.40 bits per heavy atom. The van der Waals surface area contributed by atoms with Crippen LogP contribution in [0.3, 0.4) is 0 Å². The average molecular weight is 427 g/mol. The number of aryl methyl sites for hydroxylation is 1. The SMILES string of the molecule is Cc1oc(CN)cc1S(=O)(=O)Nc1ccc(Cl)cc1I. The second kappa shape index (κ2) is 5.92. The van der Waals surface area contributed by atoms with Crippen LogP contribution in [0.1, 0.15) is 11.5 Å². The number of furan rings is 1. The molecule has 20 heavy (non-hydrogen) atoms. The van der Waals surface area contributed by atoms with E-state index in [4.69, 9.17) is 21.8 Å². The summed E-state index contributed by atoms with van der Waals surface area (Å²) in [5.41, 5.74) is 5.91. The van der Waals surface area contributed by atoms with Gasteiger partial charge in [-0.1, -0.05) is 11.6 Å². The van der Waals surface area contributed by atoms with Crippen LogP contribution in [0.5, 0.6) is 0 Å². The molecule has 1 aromatic heterocycles. The summed E-state index contributed by atoms with van der Waals surface area (Å²) in [6, 6.07) is 6.34. The molecule has 1 aromatic carbocycles. The molecule has 0 radical (unpaired) electrons. The van der Waals surface area contributed by atoms with Gasteiger partial charge in [0.2, 0.25) is 0 Å². The van der Waals surface area contributed by atoms with Gasteiger partial charge in [-0.15, -0.1) is 0 Å². The van der Waals surface area contributed by atoms with Crippen LogP contribution in [0, 0.1) is 10.5 Å². The number of nitrogens with two attached hydrogens (primary N) is 1. The third kappa shape index (κ3) is 3.27. The van der Waals surface area contributed by atoms with Gasteiger partial charge in [0.1, 0.15) is 16.4 Å². The van der Waals surface area contributed by atoms with E-state index in [0.29, 0.717) is 25.8 Å². The zero-order valence-corrected chi connectivity index (χ0v) is 14.2. The molecule has 0 atom stereocenters. The summed E-state index contributed by atoms with van der Waals surface area (Å²) >= 11 is 7.85. The van der Waals surface area contributed by atoms with Crippen molar-refractivity contribution in [2.75, 3.05) is 4.72 Å². The van der Waals surface area contributed by atoms with E-state index >= 15 is 0 Å². The number of benzene rings is 1. The van der Waals surface area contributed by atoms with Gasteiger partial charge in [0.25, 0.3) is 10.0 Å². The minimum atomic E-state index is -3.72. The maximum Gasteiger partial charge on any atom is 0.265 e. The predicted octanol–water partition coefficient (Wildman–Crippen LogP) is 3.11. The van der Waals surface area contributed by atoms with Gasteiger partial charge in [-0.25, -0.2) is 8.42 Å². The third-order valence-electron chi connectivity index (χ3n) is 2.59. The Morgan fingerprint density at radius 3 is 2.65 bits per heavy atom. The highest BCUT2D eigenvalue weighted by Gasteiger charge is 2.22. The van der Waals surface area contributed by atoms with Crippen LogP contribution < -0.4 is 10.5 Å². The predicted molar refractivity (Wildman–Crippen MR) is 86.3 cm³/mol. The van der Waals surface area contributed by atoms with Crippen molar-refractivity contribution in [2.45, 2.75) is 18.4 Å². The summed E-state index contributed by atoms with van der Waals surface area (Å²) in [6.07, 6.45) is 0. The third-order valence-corrected chi connectivity index (χ3v) is 5.19. The fraction of sp³-hybridized carbons (Fsp3) is 0.167. The summed E-state index contributed by atoms with van der Waals surface area (Å²) in [4.78, 5) is 0.0868. The van der Waals surface area contributed by atoms with Gasteiger partial charge in [0.15, 0.2) is 0 Å². The van der Waals surface area contributed by atoms with Crippen molar-refractivity contribution in [3.8, 4) is 0 Å². The first-order chi connectivity index (χ1) is 9.33. The van der Waals surface area contributed by atoms with Crippen molar-refractivity contribution in [1.29, 1.82) is 0 Å². The Morgan fingerprint density at radius 2 is 2.10 bits per heavy atom. The second-order valence-corrected chi connectivity index (χ2v) is 7.32. The highest BCUT2D eigenvalue weighted by molar-refractivity contribution is 14.1. The molecule has 0 unspecified atom stereocenters. The molecule has 108 valence electrons. The van der Waals surface area contributed by atoms with Crippen molar-refractivity contribution < 1.29 is 12.8 Å². The number of halogens is 2. The first kappa shape index (κ1) is 15.6. The smallest absolute Gasteiger partial charge is 0.265 e. The highest BCUT2D eigenvalue weighted by atomic mass is 127. The Kier molecular flexibility index (Phi) is 4.62. The van der Waals surface area contributed by atoms with Crippen LogP contribution >= 0.6 is 34.2 Å². The van der Waals surface area contributed by atoms with Gasteiger partial charge in [0, 0.05) is 14.7 Å². The molecular formula is C12H12ClIN2O3S. The summed E-state index contributed by atoms with van der Waals surface area (Å²) < 4.78 is 33.2. The minimum absolute atomic E-state index is 0.0868. The van der Waals surface area contributed by atoms with E-state index in [-0.39, 0.29) is 11.4 Å². The number of hydrogen-bond donors (Lipinski definition) is 2. The van der Waals surface area contributed by atoms with Gasteiger partial charge < -0.3 is 10.2 Å². The minimum Gasteiger partial charge on any atom is -0.464 e. The van der Waals surface area contributed by atoms with Crippen LogP contribution in [0.2, 0.25) is 5.02 Å². The van der Waals surface area contributed by atoms with E-state index < -0.39 is 10.0 Å². The summed E-state index contributed by atoms with van der Waals surface area (Å²) in [6.45, 7) is 1.73. The lowest BCUT2D eigenvalue weighted by atomic mass is 10.3. The van der Waals surface area contributed by atoms with Crippen LogP contribution in [0.4, 0.5) is 5.69 Å². The van der Waals surface area contributed by atoms with Crippen LogP contribution in [-0.4, -0.2) is 8.42 Å². The van der Waals surface area contributed by atoms with Gasteiger partial charge in [-0.3, -0.25) is 4.72 Å². The zero-order chi connectivity index (χ0) is 14.9. The monoisotopic (exact) mass is 426 g/mol. The largest absolute Gasteiger partial charge is 0.464 e. The Labute approximate surface area is 135 Å². The van der Waals surface area contributed by atoms with Crippen molar-refractivity contribution >= 4 is 49.9 Å². The fourth-order valence-corrected chi connectivity index (χ4v) is 4.14. The lowest BCUT2D eigenvalue weighted by Gasteiger charge is -2.09. The van der Waals surface area contributed by atoms with Crippen LogP contribution in [0.15, 0.2) is 33.6 Å². The molecule has 0 aliphatic carbocycles. The van der Waals surface area contributed by atoms with Gasteiger partial charge >= 0.3 is 0 Å². The molecule has 0 bridgehead atoms. The first-order valence-corrected chi connectivity index (χ1v) is 8.54. The number of hydrogen-bond acceptors (Lipinski definition) is 4. The highest BCUT2D eigenvalue weighted by Crippen LogP contribution is 2.27. The van der Waals surface area contributed by atoms with Gasteiger partial charge in [-0.2, -0.15) is 0 Å². The molecule has 0 aliphatic heterocycles. The quantitative estimate of drug-likeness (QED) is 0.736. The van der Waals surface area contributed by atoms with Crippen molar-refractivity contribution in [1.82, 2.24) is 0 Å². The molecule has 0 amide bonds. The van der Waals surface area contributed by atoms with E-state index in [1.807, 2.05) is 22.6 Å². The van der Waals surface area contributed by atoms with Crippen molar-refractivity contribution in [3.63, 3.8) is 0 Å². The second-order valence-electron chi connectivity index (χ2n) is 4.07. The summed E-state index contributed by atoms with van der Waals surface area (Å²) in [5, 5.41) is 0.544. The molecule has 0 saturated heterocycles. The molecular weight excluding hydrogens is 415 g/mol. The molecule has 0 aliphatic rings.